The zero-order valence-corrected chi connectivity index (χ0v) is 9.53. The van der Waals surface area contributed by atoms with E-state index in [1.54, 1.807) is 6.07 Å². The van der Waals surface area contributed by atoms with E-state index in [0.717, 1.165) is 11.1 Å². The van der Waals surface area contributed by atoms with E-state index in [9.17, 15) is 9.90 Å². The average Bonchev–Trinajstić information content (AvgIpc) is 2.19. The molecule has 0 unspecified atom stereocenters. The molecule has 4 heteroatoms. The number of hydrogen-bond acceptors (Lipinski definition) is 2. The summed E-state index contributed by atoms with van der Waals surface area (Å²) in [5.41, 5.74) is 1.84. The van der Waals surface area contributed by atoms with Crippen LogP contribution in [0.3, 0.4) is 0 Å². The predicted molar refractivity (Wildman–Crippen MR) is 61.9 cm³/mol. The minimum atomic E-state index is -1.04. The summed E-state index contributed by atoms with van der Waals surface area (Å²) in [7, 11) is 0. The number of aromatic hydroxyl groups is 1. The minimum Gasteiger partial charge on any atom is -0.508 e. The number of amides is 1. The van der Waals surface area contributed by atoms with Crippen molar-refractivity contribution in [2.75, 3.05) is 6.54 Å². The molecule has 0 atom stereocenters. The number of phenols is 1. The van der Waals surface area contributed by atoms with Crippen molar-refractivity contribution >= 4 is 6.09 Å². The summed E-state index contributed by atoms with van der Waals surface area (Å²) in [6, 6.07) is 5.54. The van der Waals surface area contributed by atoms with Crippen molar-refractivity contribution < 1.29 is 15.0 Å². The first-order chi connectivity index (χ1) is 7.50. The van der Waals surface area contributed by atoms with Crippen LogP contribution in [0.5, 0.6) is 5.75 Å². The zero-order valence-electron chi connectivity index (χ0n) is 9.53. The molecule has 4 nitrogen and oxygen atoms in total. The van der Waals surface area contributed by atoms with Gasteiger partial charge in [-0.25, -0.2) is 4.79 Å². The minimum absolute atomic E-state index is 0.235. The normalized spacial score (nSPS) is 10.4. The third-order valence-electron chi connectivity index (χ3n) is 2.45. The van der Waals surface area contributed by atoms with Crippen molar-refractivity contribution in [3.8, 4) is 5.75 Å². The third kappa shape index (κ3) is 3.46. The van der Waals surface area contributed by atoms with Gasteiger partial charge in [-0.3, -0.25) is 0 Å². The van der Waals surface area contributed by atoms with Crippen LogP contribution in [0.4, 0.5) is 4.79 Å². The van der Waals surface area contributed by atoms with Crippen molar-refractivity contribution in [1.29, 1.82) is 0 Å². The van der Waals surface area contributed by atoms with Gasteiger partial charge in [-0.1, -0.05) is 26.0 Å². The SMILES string of the molecule is CC(C)c1ccc(CCNC(=O)O)c(O)c1. The van der Waals surface area contributed by atoms with Gasteiger partial charge in [0.05, 0.1) is 0 Å². The molecule has 0 aliphatic carbocycles. The van der Waals surface area contributed by atoms with Gasteiger partial charge in [-0.05, 0) is 29.5 Å². The highest BCUT2D eigenvalue weighted by molar-refractivity contribution is 5.64. The summed E-state index contributed by atoms with van der Waals surface area (Å²) in [5, 5.41) is 20.4. The molecule has 0 aliphatic heterocycles. The van der Waals surface area contributed by atoms with Gasteiger partial charge in [0.25, 0.3) is 0 Å². The second kappa shape index (κ2) is 5.39. The molecule has 0 saturated heterocycles. The van der Waals surface area contributed by atoms with Gasteiger partial charge >= 0.3 is 6.09 Å². The summed E-state index contributed by atoms with van der Waals surface area (Å²) in [6.07, 6.45) is -0.547. The number of phenolic OH excluding ortho intramolecular Hbond substituents is 1. The Kier molecular flexibility index (Phi) is 4.17. The molecule has 1 rings (SSSR count). The van der Waals surface area contributed by atoms with E-state index in [2.05, 4.69) is 19.2 Å². The fraction of sp³-hybridized carbons (Fsp3) is 0.417. The molecule has 0 fully saturated rings. The zero-order chi connectivity index (χ0) is 12.1. The van der Waals surface area contributed by atoms with Crippen molar-refractivity contribution in [1.82, 2.24) is 5.32 Å². The molecular formula is C12H17NO3. The van der Waals surface area contributed by atoms with Crippen molar-refractivity contribution in [2.24, 2.45) is 0 Å². The summed E-state index contributed by atoms with van der Waals surface area (Å²) in [4.78, 5) is 10.2. The number of benzene rings is 1. The van der Waals surface area contributed by atoms with Crippen LogP contribution in [-0.2, 0) is 6.42 Å². The van der Waals surface area contributed by atoms with Gasteiger partial charge in [-0.2, -0.15) is 0 Å². The van der Waals surface area contributed by atoms with Crippen LogP contribution in [-0.4, -0.2) is 22.9 Å². The Morgan fingerprint density at radius 3 is 2.62 bits per heavy atom. The molecule has 1 aromatic rings. The van der Waals surface area contributed by atoms with Crippen LogP contribution < -0.4 is 5.32 Å². The monoisotopic (exact) mass is 223 g/mol. The van der Waals surface area contributed by atoms with E-state index in [-0.39, 0.29) is 5.75 Å². The Labute approximate surface area is 94.9 Å². The van der Waals surface area contributed by atoms with Gasteiger partial charge in [0.15, 0.2) is 0 Å². The van der Waals surface area contributed by atoms with E-state index < -0.39 is 6.09 Å². The lowest BCUT2D eigenvalue weighted by Crippen LogP contribution is -2.23. The Bertz CT molecular complexity index is 375. The largest absolute Gasteiger partial charge is 0.508 e. The van der Waals surface area contributed by atoms with Crippen LogP contribution in [0.15, 0.2) is 18.2 Å². The molecule has 0 saturated carbocycles. The molecule has 1 amide bonds. The average molecular weight is 223 g/mol. The van der Waals surface area contributed by atoms with E-state index in [0.29, 0.717) is 18.9 Å². The standard InChI is InChI=1S/C12H17NO3/c1-8(2)10-4-3-9(11(14)7-10)5-6-13-12(15)16/h3-4,7-8,13-14H,5-6H2,1-2H3,(H,15,16). The highest BCUT2D eigenvalue weighted by Gasteiger charge is 2.05. The van der Waals surface area contributed by atoms with E-state index in [1.165, 1.54) is 0 Å². The Hall–Kier alpha value is -1.71. The number of carbonyl (C=O) groups is 1. The molecule has 0 aliphatic rings. The summed E-state index contributed by atoms with van der Waals surface area (Å²) >= 11 is 0. The second-order valence-corrected chi connectivity index (χ2v) is 4.02. The van der Waals surface area contributed by atoms with E-state index >= 15 is 0 Å². The number of carboxylic acid groups (broad SMARTS) is 1. The maximum Gasteiger partial charge on any atom is 0.404 e. The van der Waals surface area contributed by atoms with Crippen LogP contribution in [0.1, 0.15) is 30.9 Å². The fourth-order valence-electron chi connectivity index (χ4n) is 1.46. The van der Waals surface area contributed by atoms with Crippen molar-refractivity contribution in [2.45, 2.75) is 26.2 Å². The maximum absolute atomic E-state index is 10.2. The smallest absolute Gasteiger partial charge is 0.404 e. The first-order valence-corrected chi connectivity index (χ1v) is 5.29. The Balaban J connectivity index is 2.64. The first kappa shape index (κ1) is 12.4. The number of hydrogen-bond donors (Lipinski definition) is 3. The van der Waals surface area contributed by atoms with Crippen LogP contribution in [0.25, 0.3) is 0 Å². The molecular weight excluding hydrogens is 206 g/mol. The molecule has 88 valence electrons. The molecule has 0 spiro atoms. The molecule has 0 aromatic heterocycles. The number of rotatable bonds is 4. The lowest BCUT2D eigenvalue weighted by Gasteiger charge is -2.09. The van der Waals surface area contributed by atoms with Crippen LogP contribution >= 0.6 is 0 Å². The molecule has 3 N–H and O–H groups in total. The van der Waals surface area contributed by atoms with E-state index in [4.69, 9.17) is 5.11 Å². The molecule has 16 heavy (non-hydrogen) atoms. The van der Waals surface area contributed by atoms with Crippen molar-refractivity contribution in [3.63, 3.8) is 0 Å². The number of nitrogens with one attached hydrogen (secondary N) is 1. The van der Waals surface area contributed by atoms with Crippen molar-refractivity contribution in [3.05, 3.63) is 29.3 Å². The highest BCUT2D eigenvalue weighted by Crippen LogP contribution is 2.23. The topological polar surface area (TPSA) is 69.6 Å². The van der Waals surface area contributed by atoms with Gasteiger partial charge < -0.3 is 15.5 Å². The quantitative estimate of drug-likeness (QED) is 0.733. The van der Waals surface area contributed by atoms with Crippen LogP contribution in [0.2, 0.25) is 0 Å². The fourth-order valence-corrected chi connectivity index (χ4v) is 1.46. The lowest BCUT2D eigenvalue weighted by atomic mass is 10.00. The lowest BCUT2D eigenvalue weighted by molar-refractivity contribution is 0.194. The van der Waals surface area contributed by atoms with Gasteiger partial charge in [0, 0.05) is 6.54 Å². The van der Waals surface area contributed by atoms with Gasteiger partial charge in [0.1, 0.15) is 5.75 Å². The maximum atomic E-state index is 10.2. The van der Waals surface area contributed by atoms with Crippen LogP contribution in [0, 0.1) is 0 Å². The van der Waals surface area contributed by atoms with Gasteiger partial charge in [-0.15, -0.1) is 0 Å². The summed E-state index contributed by atoms with van der Waals surface area (Å²) in [5.74, 6) is 0.607. The molecule has 0 radical (unpaired) electrons. The highest BCUT2D eigenvalue weighted by atomic mass is 16.4. The summed E-state index contributed by atoms with van der Waals surface area (Å²) < 4.78 is 0. The molecule has 0 bridgehead atoms. The Morgan fingerprint density at radius 1 is 1.44 bits per heavy atom. The van der Waals surface area contributed by atoms with Gasteiger partial charge in [0.2, 0.25) is 0 Å². The first-order valence-electron chi connectivity index (χ1n) is 5.29. The molecule has 1 aromatic carbocycles. The predicted octanol–water partition coefficient (Wildman–Crippen LogP) is 2.33. The van der Waals surface area contributed by atoms with E-state index in [1.807, 2.05) is 12.1 Å². The molecule has 0 heterocycles. The third-order valence-corrected chi connectivity index (χ3v) is 2.45. The summed E-state index contributed by atoms with van der Waals surface area (Å²) in [6.45, 7) is 4.42. The second-order valence-electron chi connectivity index (χ2n) is 4.02. The Morgan fingerprint density at radius 2 is 2.12 bits per heavy atom.